The number of aryl methyl sites for hydroxylation is 1. The van der Waals surface area contributed by atoms with E-state index in [1.54, 1.807) is 14.1 Å². The van der Waals surface area contributed by atoms with Crippen LogP contribution in [0.15, 0.2) is 24.3 Å². The summed E-state index contributed by atoms with van der Waals surface area (Å²) < 4.78 is 0. The van der Waals surface area contributed by atoms with Crippen LogP contribution in [0.2, 0.25) is 0 Å². The second-order valence-electron chi connectivity index (χ2n) is 2.09. The molecule has 64 valence electrons. The van der Waals surface area contributed by atoms with Crippen LogP contribution in [0.3, 0.4) is 0 Å². The van der Waals surface area contributed by atoms with Gasteiger partial charge in [0.2, 0.25) is 0 Å². The van der Waals surface area contributed by atoms with Gasteiger partial charge in [0.15, 0.2) is 0 Å². The number of hydrogen-bond acceptors (Lipinski definition) is 0. The van der Waals surface area contributed by atoms with Crippen molar-refractivity contribution in [2.75, 3.05) is 14.1 Å². The first-order valence-electron chi connectivity index (χ1n) is 3.53. The smallest absolute Gasteiger partial charge is 0.668 e. The summed E-state index contributed by atoms with van der Waals surface area (Å²) in [6.45, 7) is 2.16. The molecule has 1 rings (SSSR count). The molecule has 0 aliphatic rings. The summed E-state index contributed by atoms with van der Waals surface area (Å²) in [5, 5.41) is 3.50. The van der Waals surface area contributed by atoms with Gasteiger partial charge in [-0.3, -0.25) is 0 Å². The van der Waals surface area contributed by atoms with Gasteiger partial charge >= 0.3 is 26.2 Å². The molecule has 0 aromatic heterocycles. The molecular formula is C9H15CeNZr. The minimum atomic E-state index is 0. The van der Waals surface area contributed by atoms with E-state index in [1.165, 1.54) is 5.56 Å². The first kappa shape index (κ1) is 19.2. The van der Waals surface area contributed by atoms with Crippen molar-refractivity contribution >= 4 is 0 Å². The molecule has 0 N–H and O–H groups in total. The Kier molecular flexibility index (Phi) is 24.1. The van der Waals surface area contributed by atoms with Crippen molar-refractivity contribution in [3.8, 4) is 0 Å². The summed E-state index contributed by atoms with van der Waals surface area (Å²) in [5.41, 5.74) is 1.43. The van der Waals surface area contributed by atoms with E-state index in [4.69, 9.17) is 0 Å². The van der Waals surface area contributed by atoms with Crippen molar-refractivity contribution in [1.29, 1.82) is 0 Å². The van der Waals surface area contributed by atoms with Gasteiger partial charge in [-0.25, -0.2) is 12.1 Å². The summed E-state index contributed by atoms with van der Waals surface area (Å²) in [5.74, 6) is 0. The van der Waals surface area contributed by atoms with Gasteiger partial charge in [0.1, 0.15) is 0 Å². The standard InChI is InChI=1S/C7H9.C2H6N.Ce.Zr/c1-2-7-5-3-4-6-7;1-3-2;;/h3-6H,2H2,1H3;1-2H3;;/q2*-1;;+2. The molecule has 0 saturated carbocycles. The number of rotatable bonds is 1. The van der Waals surface area contributed by atoms with Gasteiger partial charge in [0.25, 0.3) is 0 Å². The maximum absolute atomic E-state index is 3.50. The predicted molar refractivity (Wildman–Crippen MR) is 46.6 cm³/mol. The second kappa shape index (κ2) is 15.1. The van der Waals surface area contributed by atoms with E-state index in [-0.39, 0.29) is 68.0 Å². The van der Waals surface area contributed by atoms with Crippen LogP contribution in [0.5, 0.6) is 0 Å². The number of hydrogen-bond donors (Lipinski definition) is 0. The third-order valence-corrected chi connectivity index (χ3v) is 1.14. The fraction of sp³-hybridized carbons (Fsp3) is 0.444. The molecule has 0 aliphatic carbocycles. The van der Waals surface area contributed by atoms with Crippen molar-refractivity contribution in [2.24, 2.45) is 0 Å². The zero-order valence-corrected chi connectivity index (χ0v) is 13.6. The molecule has 0 aliphatic heterocycles. The molecule has 0 spiro atoms. The van der Waals surface area contributed by atoms with Crippen LogP contribution in [0, 0.1) is 41.7 Å². The average molecular weight is 369 g/mol. The average Bonchev–Trinajstić information content (AvgIpc) is 2.39. The van der Waals surface area contributed by atoms with Crippen LogP contribution in [0.1, 0.15) is 12.5 Å². The first-order valence-corrected chi connectivity index (χ1v) is 3.53. The maximum atomic E-state index is 3.50. The third-order valence-electron chi connectivity index (χ3n) is 1.14. The molecule has 0 saturated heterocycles. The summed E-state index contributed by atoms with van der Waals surface area (Å²) in [7, 11) is 3.50. The Morgan fingerprint density at radius 3 is 1.67 bits per heavy atom. The molecule has 1 aromatic carbocycles. The Balaban J connectivity index is -0.000000146. The summed E-state index contributed by atoms with van der Waals surface area (Å²) in [6, 6.07) is 8.41. The second-order valence-corrected chi connectivity index (χ2v) is 2.09. The normalized spacial score (nSPS) is 6.92. The van der Waals surface area contributed by atoms with E-state index < -0.39 is 0 Å². The van der Waals surface area contributed by atoms with E-state index in [2.05, 4.69) is 36.5 Å². The Hall–Kier alpha value is 1.57. The van der Waals surface area contributed by atoms with Gasteiger partial charge in [0, 0.05) is 41.7 Å². The van der Waals surface area contributed by atoms with Crippen LogP contribution in [0.4, 0.5) is 0 Å². The molecule has 3 heteroatoms. The zero-order chi connectivity index (χ0) is 7.82. The van der Waals surface area contributed by atoms with Gasteiger partial charge in [-0.1, -0.05) is 13.3 Å². The SMILES string of the molecule is CC[c-]1cccc1.C[N-]C.[Ce].[Zr+2]. The minimum Gasteiger partial charge on any atom is -0.668 e. The minimum absolute atomic E-state index is 0. The fourth-order valence-corrected chi connectivity index (χ4v) is 0.650. The molecule has 0 heterocycles. The van der Waals surface area contributed by atoms with E-state index in [0.717, 1.165) is 6.42 Å². The van der Waals surface area contributed by atoms with Crippen LogP contribution >= 0.6 is 0 Å². The van der Waals surface area contributed by atoms with Crippen LogP contribution < -0.4 is 0 Å². The third kappa shape index (κ3) is 11.6. The molecule has 1 nitrogen and oxygen atoms in total. The Morgan fingerprint density at radius 2 is 1.50 bits per heavy atom. The molecule has 0 fully saturated rings. The maximum Gasteiger partial charge on any atom is 2.00 e. The van der Waals surface area contributed by atoms with E-state index in [0.29, 0.717) is 0 Å². The monoisotopic (exact) mass is 367 g/mol. The van der Waals surface area contributed by atoms with Crippen molar-refractivity contribution in [2.45, 2.75) is 13.3 Å². The van der Waals surface area contributed by atoms with E-state index >= 15 is 0 Å². The molecule has 0 bridgehead atoms. The zero-order valence-electron chi connectivity index (χ0n) is 7.96. The molecule has 0 atom stereocenters. The van der Waals surface area contributed by atoms with Crippen molar-refractivity contribution in [3.63, 3.8) is 0 Å². The van der Waals surface area contributed by atoms with Gasteiger partial charge in [0.05, 0.1) is 0 Å². The molecule has 12 heavy (non-hydrogen) atoms. The molecule has 0 unspecified atom stereocenters. The van der Waals surface area contributed by atoms with Crippen molar-refractivity contribution in [1.82, 2.24) is 0 Å². The first-order chi connectivity index (χ1) is 4.85. The largest absolute Gasteiger partial charge is 2.00 e. The fourth-order valence-electron chi connectivity index (χ4n) is 0.650. The molecule has 1 aromatic rings. The predicted octanol–water partition coefficient (Wildman–Crippen LogP) is 2.59. The van der Waals surface area contributed by atoms with E-state index in [1.807, 2.05) is 0 Å². The van der Waals surface area contributed by atoms with Gasteiger partial charge < -0.3 is 5.32 Å². The molecular weight excluding hydrogens is 353 g/mol. The molecule has 0 radical (unpaired) electrons. The van der Waals surface area contributed by atoms with E-state index in [9.17, 15) is 0 Å². The Morgan fingerprint density at radius 1 is 1.17 bits per heavy atom. The van der Waals surface area contributed by atoms with Gasteiger partial charge in [-0.2, -0.15) is 31.8 Å². The van der Waals surface area contributed by atoms with Crippen molar-refractivity contribution in [3.05, 3.63) is 35.1 Å². The van der Waals surface area contributed by atoms with Crippen LogP contribution in [-0.4, -0.2) is 14.1 Å². The molecule has 0 amide bonds. The summed E-state index contributed by atoms with van der Waals surface area (Å²) in [4.78, 5) is 0. The quantitative estimate of drug-likeness (QED) is 0.677. The Bertz CT molecular complexity index is 140. The topological polar surface area (TPSA) is 14.1 Å². The summed E-state index contributed by atoms with van der Waals surface area (Å²) in [6.07, 6.45) is 1.16. The van der Waals surface area contributed by atoms with Crippen LogP contribution in [-0.2, 0) is 32.6 Å². The van der Waals surface area contributed by atoms with Crippen molar-refractivity contribution < 1.29 is 68.0 Å². The van der Waals surface area contributed by atoms with Gasteiger partial charge in [-0.15, -0.1) is 0 Å². The van der Waals surface area contributed by atoms with Crippen LogP contribution in [0.25, 0.3) is 5.32 Å². The Labute approximate surface area is 129 Å². The number of nitrogens with zero attached hydrogens (tertiary/aromatic N) is 1. The summed E-state index contributed by atoms with van der Waals surface area (Å²) >= 11 is 0. The van der Waals surface area contributed by atoms with Gasteiger partial charge in [-0.05, 0) is 0 Å².